The molecule has 18 heavy (non-hydrogen) atoms. The van der Waals surface area contributed by atoms with E-state index in [4.69, 9.17) is 10.5 Å². The molecule has 0 aliphatic rings. The first-order chi connectivity index (χ1) is 8.60. The molecule has 0 bridgehead atoms. The van der Waals surface area contributed by atoms with Crippen molar-refractivity contribution in [2.24, 2.45) is 5.73 Å². The number of nitrogens with two attached hydrogens (primary N) is 1. The standard InChI is InChI=1S/C14H17N3O/c1-9-4-10(2)6-11(5-9)14(15)12-7-13(18-3)17-8-16-12/h4-8,14H,15H2,1-3H3. The molecule has 2 rings (SSSR count). The van der Waals surface area contributed by atoms with E-state index in [-0.39, 0.29) is 6.04 Å². The van der Waals surface area contributed by atoms with Gasteiger partial charge in [0.2, 0.25) is 5.88 Å². The molecule has 0 saturated carbocycles. The normalized spacial score (nSPS) is 12.2. The lowest BCUT2D eigenvalue weighted by Gasteiger charge is -2.13. The van der Waals surface area contributed by atoms with Crippen molar-refractivity contribution < 1.29 is 4.74 Å². The van der Waals surface area contributed by atoms with Gasteiger partial charge < -0.3 is 10.5 Å². The van der Waals surface area contributed by atoms with Crippen molar-refractivity contribution in [1.29, 1.82) is 0 Å². The fraction of sp³-hybridized carbons (Fsp3) is 0.286. The fourth-order valence-electron chi connectivity index (χ4n) is 2.00. The SMILES string of the molecule is COc1cc(C(N)c2cc(C)cc(C)c2)ncn1. The predicted octanol–water partition coefficient (Wildman–Crippen LogP) is 2.15. The zero-order valence-corrected chi connectivity index (χ0v) is 10.8. The summed E-state index contributed by atoms with van der Waals surface area (Å²) >= 11 is 0. The molecule has 0 saturated heterocycles. The zero-order chi connectivity index (χ0) is 13.1. The second-order valence-electron chi connectivity index (χ2n) is 4.38. The van der Waals surface area contributed by atoms with Crippen LogP contribution in [0.25, 0.3) is 0 Å². The van der Waals surface area contributed by atoms with Crippen molar-refractivity contribution in [3.05, 3.63) is 53.0 Å². The maximum Gasteiger partial charge on any atom is 0.216 e. The van der Waals surface area contributed by atoms with E-state index in [1.54, 1.807) is 13.2 Å². The average molecular weight is 243 g/mol. The molecule has 94 valence electrons. The number of aryl methyl sites for hydroxylation is 2. The summed E-state index contributed by atoms with van der Waals surface area (Å²) in [6, 6.07) is 7.78. The molecule has 1 aromatic heterocycles. The minimum absolute atomic E-state index is 0.263. The molecule has 2 N–H and O–H groups in total. The van der Waals surface area contributed by atoms with Crippen LogP contribution in [-0.2, 0) is 0 Å². The quantitative estimate of drug-likeness (QED) is 0.897. The Labute approximate surface area is 107 Å². The van der Waals surface area contributed by atoms with Crippen molar-refractivity contribution in [3.63, 3.8) is 0 Å². The Morgan fingerprint density at radius 1 is 1.06 bits per heavy atom. The number of nitrogens with zero attached hydrogens (tertiary/aromatic N) is 2. The number of rotatable bonds is 3. The van der Waals surface area contributed by atoms with Crippen LogP contribution in [0.2, 0.25) is 0 Å². The molecular formula is C14H17N3O. The number of benzene rings is 1. The summed E-state index contributed by atoms with van der Waals surface area (Å²) in [5.41, 5.74) is 10.4. The van der Waals surface area contributed by atoms with Crippen LogP contribution in [0.15, 0.2) is 30.6 Å². The second kappa shape index (κ2) is 5.14. The number of ether oxygens (including phenoxy) is 1. The molecule has 1 aromatic carbocycles. The van der Waals surface area contributed by atoms with Crippen molar-refractivity contribution >= 4 is 0 Å². The fourth-order valence-corrected chi connectivity index (χ4v) is 2.00. The van der Waals surface area contributed by atoms with Crippen molar-refractivity contribution in [2.45, 2.75) is 19.9 Å². The van der Waals surface area contributed by atoms with Gasteiger partial charge in [-0.1, -0.05) is 29.3 Å². The highest BCUT2D eigenvalue weighted by molar-refractivity contribution is 5.35. The van der Waals surface area contributed by atoms with Crippen molar-refractivity contribution in [3.8, 4) is 5.88 Å². The molecule has 4 heteroatoms. The third-order valence-electron chi connectivity index (χ3n) is 2.79. The molecule has 0 aliphatic heterocycles. The van der Waals surface area contributed by atoms with Gasteiger partial charge in [0.1, 0.15) is 6.33 Å². The molecule has 0 radical (unpaired) electrons. The molecule has 2 aromatic rings. The third-order valence-corrected chi connectivity index (χ3v) is 2.79. The van der Waals surface area contributed by atoms with E-state index in [1.165, 1.54) is 17.5 Å². The van der Waals surface area contributed by atoms with Crippen LogP contribution in [-0.4, -0.2) is 17.1 Å². The van der Waals surface area contributed by atoms with E-state index >= 15 is 0 Å². The maximum atomic E-state index is 6.23. The summed E-state index contributed by atoms with van der Waals surface area (Å²) < 4.78 is 5.08. The van der Waals surface area contributed by atoms with Crippen LogP contribution in [0.4, 0.5) is 0 Å². The van der Waals surface area contributed by atoms with Crippen molar-refractivity contribution in [2.75, 3.05) is 7.11 Å². The zero-order valence-electron chi connectivity index (χ0n) is 10.8. The van der Waals surface area contributed by atoms with E-state index in [0.29, 0.717) is 5.88 Å². The van der Waals surface area contributed by atoms with E-state index < -0.39 is 0 Å². The van der Waals surface area contributed by atoms with E-state index in [0.717, 1.165) is 11.3 Å². The van der Waals surface area contributed by atoms with Gasteiger partial charge in [-0.25, -0.2) is 9.97 Å². The lowest BCUT2D eigenvalue weighted by molar-refractivity contribution is 0.395. The summed E-state index contributed by atoms with van der Waals surface area (Å²) in [6.45, 7) is 4.12. The highest BCUT2D eigenvalue weighted by atomic mass is 16.5. The van der Waals surface area contributed by atoms with Gasteiger partial charge in [0.25, 0.3) is 0 Å². The van der Waals surface area contributed by atoms with Gasteiger partial charge in [0.05, 0.1) is 18.8 Å². The molecule has 1 heterocycles. The number of hydrogen-bond acceptors (Lipinski definition) is 4. The first-order valence-electron chi connectivity index (χ1n) is 5.80. The maximum absolute atomic E-state index is 6.23. The lowest BCUT2D eigenvalue weighted by atomic mass is 10.00. The third kappa shape index (κ3) is 2.65. The minimum atomic E-state index is -0.263. The Kier molecular flexibility index (Phi) is 3.58. The Balaban J connectivity index is 2.37. The molecule has 4 nitrogen and oxygen atoms in total. The van der Waals surface area contributed by atoms with Gasteiger partial charge >= 0.3 is 0 Å². The van der Waals surface area contributed by atoms with Crippen LogP contribution in [0.3, 0.4) is 0 Å². The Bertz CT molecular complexity index is 534. The van der Waals surface area contributed by atoms with Gasteiger partial charge in [0, 0.05) is 6.07 Å². The van der Waals surface area contributed by atoms with Gasteiger partial charge in [-0.05, 0) is 19.4 Å². The smallest absolute Gasteiger partial charge is 0.216 e. The van der Waals surface area contributed by atoms with Gasteiger partial charge in [0.15, 0.2) is 0 Å². The summed E-state index contributed by atoms with van der Waals surface area (Å²) in [7, 11) is 1.58. The van der Waals surface area contributed by atoms with Crippen LogP contribution in [0.5, 0.6) is 5.88 Å². The summed E-state index contributed by atoms with van der Waals surface area (Å²) in [4.78, 5) is 8.19. The predicted molar refractivity (Wildman–Crippen MR) is 70.5 cm³/mol. The topological polar surface area (TPSA) is 61.0 Å². The van der Waals surface area contributed by atoms with Crippen LogP contribution >= 0.6 is 0 Å². The van der Waals surface area contributed by atoms with Gasteiger partial charge in [-0.15, -0.1) is 0 Å². The molecule has 1 atom stereocenters. The average Bonchev–Trinajstić information content (AvgIpc) is 2.37. The first kappa shape index (κ1) is 12.5. The molecular weight excluding hydrogens is 226 g/mol. The summed E-state index contributed by atoms with van der Waals surface area (Å²) in [5, 5.41) is 0. The van der Waals surface area contributed by atoms with Crippen molar-refractivity contribution in [1.82, 2.24) is 9.97 Å². The van der Waals surface area contributed by atoms with Crippen LogP contribution < -0.4 is 10.5 Å². The monoisotopic (exact) mass is 243 g/mol. The molecule has 0 spiro atoms. The molecule has 0 amide bonds. The van der Waals surface area contributed by atoms with Crippen LogP contribution in [0, 0.1) is 13.8 Å². The molecule has 1 unspecified atom stereocenters. The highest BCUT2D eigenvalue weighted by Gasteiger charge is 2.12. The summed E-state index contributed by atoms with van der Waals surface area (Å²) in [6.07, 6.45) is 1.47. The van der Waals surface area contributed by atoms with Crippen LogP contribution in [0.1, 0.15) is 28.4 Å². The van der Waals surface area contributed by atoms with Gasteiger partial charge in [-0.3, -0.25) is 0 Å². The number of aromatic nitrogens is 2. The van der Waals surface area contributed by atoms with Gasteiger partial charge in [-0.2, -0.15) is 0 Å². The molecule has 0 fully saturated rings. The van der Waals surface area contributed by atoms with E-state index in [9.17, 15) is 0 Å². The Hall–Kier alpha value is -1.94. The lowest BCUT2D eigenvalue weighted by Crippen LogP contribution is -2.14. The Morgan fingerprint density at radius 3 is 2.33 bits per heavy atom. The number of methoxy groups -OCH3 is 1. The molecule has 0 aliphatic carbocycles. The number of hydrogen-bond donors (Lipinski definition) is 1. The first-order valence-corrected chi connectivity index (χ1v) is 5.80. The Morgan fingerprint density at radius 2 is 1.72 bits per heavy atom. The van der Waals surface area contributed by atoms with E-state index in [2.05, 4.69) is 42.0 Å². The summed E-state index contributed by atoms with van der Waals surface area (Å²) in [5.74, 6) is 0.528. The minimum Gasteiger partial charge on any atom is -0.481 e. The second-order valence-corrected chi connectivity index (χ2v) is 4.38. The van der Waals surface area contributed by atoms with E-state index in [1.807, 2.05) is 0 Å². The largest absolute Gasteiger partial charge is 0.481 e. The highest BCUT2D eigenvalue weighted by Crippen LogP contribution is 2.21.